The Morgan fingerprint density at radius 1 is 1.27 bits per heavy atom. The lowest BCUT2D eigenvalue weighted by Crippen LogP contribution is -2.24. The van der Waals surface area contributed by atoms with Gasteiger partial charge in [-0.25, -0.2) is 9.67 Å². The zero-order valence-corrected chi connectivity index (χ0v) is 18.5. The van der Waals surface area contributed by atoms with E-state index < -0.39 is 0 Å². The Balaban J connectivity index is 1.37. The van der Waals surface area contributed by atoms with Crippen molar-refractivity contribution in [1.82, 2.24) is 19.7 Å². The molecule has 0 saturated heterocycles. The maximum Gasteiger partial charge on any atom is 0.269 e. The second kappa shape index (κ2) is 8.55. The largest absolute Gasteiger partial charge is 0.495 e. The van der Waals surface area contributed by atoms with Gasteiger partial charge in [0.2, 0.25) is 5.88 Å². The predicted molar refractivity (Wildman–Crippen MR) is 116 cm³/mol. The van der Waals surface area contributed by atoms with Gasteiger partial charge in [0.25, 0.3) is 5.56 Å². The summed E-state index contributed by atoms with van der Waals surface area (Å²) in [6.07, 6.45) is 4.16. The molecular weight excluding hydrogens is 400 g/mol. The predicted octanol–water partition coefficient (Wildman–Crippen LogP) is 3.22. The number of nitrogens with zero attached hydrogens (tertiary/aromatic N) is 4. The SMILES string of the molecule is COc1ccc([C@H]2C[C@@H]2COc2cc(CCc3nc(C)c(C)s3)c(=O)n(C)n2)nc1. The van der Waals surface area contributed by atoms with Gasteiger partial charge in [0.05, 0.1) is 30.6 Å². The third-order valence-corrected chi connectivity index (χ3v) is 6.67. The van der Waals surface area contributed by atoms with E-state index in [4.69, 9.17) is 9.47 Å². The molecule has 1 aliphatic carbocycles. The van der Waals surface area contributed by atoms with Crippen molar-refractivity contribution in [2.75, 3.05) is 13.7 Å². The molecule has 0 amide bonds. The molecule has 4 rings (SSSR count). The first-order chi connectivity index (χ1) is 14.4. The average molecular weight is 427 g/mol. The molecule has 30 heavy (non-hydrogen) atoms. The number of hydrogen-bond acceptors (Lipinski definition) is 7. The van der Waals surface area contributed by atoms with E-state index in [9.17, 15) is 4.79 Å². The van der Waals surface area contributed by atoms with E-state index in [1.807, 2.05) is 19.1 Å². The molecule has 1 fully saturated rings. The van der Waals surface area contributed by atoms with Crippen molar-refractivity contribution in [3.8, 4) is 11.6 Å². The van der Waals surface area contributed by atoms with E-state index in [0.717, 1.165) is 35.0 Å². The number of aryl methyl sites for hydroxylation is 5. The first-order valence-electron chi connectivity index (χ1n) is 10.1. The first kappa shape index (κ1) is 20.5. The summed E-state index contributed by atoms with van der Waals surface area (Å²) in [7, 11) is 3.30. The topological polar surface area (TPSA) is 79.1 Å². The number of aromatic nitrogens is 4. The lowest BCUT2D eigenvalue weighted by molar-refractivity contribution is 0.277. The van der Waals surface area contributed by atoms with Gasteiger partial charge in [-0.1, -0.05) is 0 Å². The minimum atomic E-state index is -0.0842. The van der Waals surface area contributed by atoms with E-state index in [-0.39, 0.29) is 5.56 Å². The summed E-state index contributed by atoms with van der Waals surface area (Å²) < 4.78 is 12.5. The van der Waals surface area contributed by atoms with Crippen molar-refractivity contribution < 1.29 is 9.47 Å². The van der Waals surface area contributed by atoms with Crippen molar-refractivity contribution in [2.45, 2.75) is 39.0 Å². The van der Waals surface area contributed by atoms with Gasteiger partial charge in [0, 0.05) is 47.5 Å². The molecule has 3 heterocycles. The number of thiazole rings is 1. The maximum absolute atomic E-state index is 12.5. The molecule has 2 atom stereocenters. The van der Waals surface area contributed by atoms with Gasteiger partial charge in [-0.3, -0.25) is 9.78 Å². The van der Waals surface area contributed by atoms with Crippen LogP contribution in [0.4, 0.5) is 0 Å². The van der Waals surface area contributed by atoms with Crippen LogP contribution in [0, 0.1) is 19.8 Å². The van der Waals surface area contributed by atoms with Crippen LogP contribution in [0.25, 0.3) is 0 Å². The highest BCUT2D eigenvalue weighted by molar-refractivity contribution is 7.11. The van der Waals surface area contributed by atoms with Gasteiger partial charge >= 0.3 is 0 Å². The summed E-state index contributed by atoms with van der Waals surface area (Å²) in [5.41, 5.74) is 2.75. The Kier molecular flexibility index (Phi) is 5.85. The number of pyridine rings is 1. The van der Waals surface area contributed by atoms with Crippen molar-refractivity contribution in [3.05, 3.63) is 61.6 Å². The molecule has 0 bridgehead atoms. The third kappa shape index (κ3) is 4.53. The lowest BCUT2D eigenvalue weighted by Gasteiger charge is -2.09. The third-order valence-electron chi connectivity index (χ3n) is 5.54. The van der Waals surface area contributed by atoms with Crippen molar-refractivity contribution in [1.29, 1.82) is 0 Å². The monoisotopic (exact) mass is 426 g/mol. The zero-order valence-electron chi connectivity index (χ0n) is 17.7. The van der Waals surface area contributed by atoms with E-state index in [1.165, 1.54) is 9.56 Å². The Labute approximate surface area is 179 Å². The Morgan fingerprint density at radius 2 is 2.10 bits per heavy atom. The van der Waals surface area contributed by atoms with Gasteiger partial charge < -0.3 is 9.47 Å². The second-order valence-corrected chi connectivity index (χ2v) is 9.01. The summed E-state index contributed by atoms with van der Waals surface area (Å²) in [5, 5.41) is 5.32. The minimum absolute atomic E-state index is 0.0842. The summed E-state index contributed by atoms with van der Waals surface area (Å²) >= 11 is 1.69. The molecule has 3 aromatic heterocycles. The van der Waals surface area contributed by atoms with Crippen molar-refractivity contribution in [3.63, 3.8) is 0 Å². The van der Waals surface area contributed by atoms with Gasteiger partial charge in [0.15, 0.2) is 0 Å². The van der Waals surface area contributed by atoms with Crippen LogP contribution in [0.2, 0.25) is 0 Å². The molecular formula is C22H26N4O3S. The molecule has 0 unspecified atom stereocenters. The van der Waals surface area contributed by atoms with Crippen LogP contribution in [-0.2, 0) is 19.9 Å². The summed E-state index contributed by atoms with van der Waals surface area (Å²) in [6.45, 7) is 4.65. The molecule has 0 aromatic carbocycles. The molecule has 1 aliphatic rings. The maximum atomic E-state index is 12.5. The van der Waals surface area contributed by atoms with Crippen LogP contribution in [0.1, 0.15) is 39.2 Å². The van der Waals surface area contributed by atoms with Crippen LogP contribution >= 0.6 is 11.3 Å². The van der Waals surface area contributed by atoms with Crippen LogP contribution in [0.5, 0.6) is 11.6 Å². The number of hydrogen-bond donors (Lipinski definition) is 0. The Hall–Kier alpha value is -2.74. The number of methoxy groups -OCH3 is 1. The highest BCUT2D eigenvalue weighted by Gasteiger charge is 2.40. The summed E-state index contributed by atoms with van der Waals surface area (Å²) in [6, 6.07) is 5.72. The van der Waals surface area contributed by atoms with Gasteiger partial charge in [0.1, 0.15) is 5.75 Å². The van der Waals surface area contributed by atoms with Gasteiger partial charge in [-0.05, 0) is 38.8 Å². The smallest absolute Gasteiger partial charge is 0.269 e. The fourth-order valence-corrected chi connectivity index (χ4v) is 4.43. The molecule has 0 spiro atoms. The average Bonchev–Trinajstić information content (AvgIpc) is 3.45. The zero-order chi connectivity index (χ0) is 21.3. The van der Waals surface area contributed by atoms with Crippen molar-refractivity contribution >= 4 is 11.3 Å². The highest BCUT2D eigenvalue weighted by atomic mass is 32.1. The Bertz CT molecular complexity index is 1070. The second-order valence-electron chi connectivity index (χ2n) is 7.72. The molecule has 7 nitrogen and oxygen atoms in total. The van der Waals surface area contributed by atoms with Crippen LogP contribution in [0.3, 0.4) is 0 Å². The van der Waals surface area contributed by atoms with Gasteiger partial charge in [-0.15, -0.1) is 16.4 Å². The summed E-state index contributed by atoms with van der Waals surface area (Å²) in [4.78, 5) is 22.7. The molecule has 0 N–H and O–H groups in total. The number of ether oxygens (including phenoxy) is 2. The Morgan fingerprint density at radius 3 is 2.77 bits per heavy atom. The fourth-order valence-electron chi connectivity index (χ4n) is 3.50. The molecule has 1 saturated carbocycles. The first-order valence-corrected chi connectivity index (χ1v) is 10.9. The van der Waals surface area contributed by atoms with Crippen molar-refractivity contribution in [2.24, 2.45) is 13.0 Å². The quantitative estimate of drug-likeness (QED) is 0.550. The molecule has 158 valence electrons. The molecule has 0 aliphatic heterocycles. The summed E-state index contributed by atoms with van der Waals surface area (Å²) in [5.74, 6) is 2.07. The minimum Gasteiger partial charge on any atom is -0.495 e. The van der Waals surface area contributed by atoms with Crippen LogP contribution < -0.4 is 15.0 Å². The standard InChI is InChI=1S/C22H26N4O3S/c1-13-14(2)30-21(24-13)8-5-15-10-20(25-26(3)22(15)27)29-12-16-9-18(16)19-7-6-17(28-4)11-23-19/h6-7,10-11,16,18H,5,8-9,12H2,1-4H3/t16-,18+/m1/s1. The lowest BCUT2D eigenvalue weighted by atomic mass is 10.2. The fraction of sp³-hybridized carbons (Fsp3) is 0.455. The van der Waals surface area contributed by atoms with E-state index in [2.05, 4.69) is 22.0 Å². The number of rotatable bonds is 8. The molecule has 8 heteroatoms. The highest BCUT2D eigenvalue weighted by Crippen LogP contribution is 2.46. The molecule has 0 radical (unpaired) electrons. The molecule has 3 aromatic rings. The van der Waals surface area contributed by atoms with Crippen LogP contribution in [0.15, 0.2) is 29.2 Å². The normalized spacial score (nSPS) is 17.7. The van der Waals surface area contributed by atoms with Crippen LogP contribution in [-0.4, -0.2) is 33.5 Å². The van der Waals surface area contributed by atoms with E-state index in [1.54, 1.807) is 37.8 Å². The van der Waals surface area contributed by atoms with Gasteiger partial charge in [-0.2, -0.15) is 0 Å². The van der Waals surface area contributed by atoms with E-state index in [0.29, 0.717) is 36.3 Å². The van der Waals surface area contributed by atoms with E-state index >= 15 is 0 Å².